The van der Waals surface area contributed by atoms with Crippen molar-refractivity contribution in [3.63, 3.8) is 0 Å². The first-order valence-electron chi connectivity index (χ1n) is 6.42. The molecule has 0 radical (unpaired) electrons. The molecule has 0 unspecified atom stereocenters. The molecule has 11 heteroatoms. The quantitative estimate of drug-likeness (QED) is 0.753. The van der Waals surface area contributed by atoms with Gasteiger partial charge in [0.25, 0.3) is 17.5 Å². The van der Waals surface area contributed by atoms with Crippen molar-refractivity contribution in [2.75, 3.05) is 26.3 Å². The molecule has 0 aliphatic carbocycles. The van der Waals surface area contributed by atoms with Gasteiger partial charge in [-0.3, -0.25) is 4.79 Å². The first-order chi connectivity index (χ1) is 10.4. The van der Waals surface area contributed by atoms with Gasteiger partial charge in [-0.25, -0.2) is 0 Å². The van der Waals surface area contributed by atoms with E-state index < -0.39 is 17.9 Å². The van der Waals surface area contributed by atoms with E-state index in [1.807, 2.05) is 0 Å². The molecule has 0 atom stereocenters. The van der Waals surface area contributed by atoms with Gasteiger partial charge in [-0.1, -0.05) is 0 Å². The van der Waals surface area contributed by atoms with E-state index >= 15 is 0 Å². The highest BCUT2D eigenvalue weighted by molar-refractivity contribution is 5.93. The van der Waals surface area contributed by atoms with Gasteiger partial charge in [0, 0.05) is 13.1 Å². The van der Waals surface area contributed by atoms with Crippen LogP contribution in [-0.4, -0.2) is 61.9 Å². The van der Waals surface area contributed by atoms with Crippen LogP contribution in [0.15, 0.2) is 0 Å². The van der Waals surface area contributed by atoms with Gasteiger partial charge >= 0.3 is 6.18 Å². The van der Waals surface area contributed by atoms with Gasteiger partial charge in [0.2, 0.25) is 0 Å². The van der Waals surface area contributed by atoms with E-state index in [1.165, 1.54) is 11.8 Å². The van der Waals surface area contributed by atoms with E-state index in [0.717, 1.165) is 4.52 Å². The van der Waals surface area contributed by atoms with Crippen molar-refractivity contribution in [2.45, 2.75) is 13.1 Å². The van der Waals surface area contributed by atoms with Gasteiger partial charge < -0.3 is 9.64 Å². The Balaban J connectivity index is 2.00. The number of amides is 1. The largest absolute Gasteiger partial charge is 0.453 e. The molecule has 8 nitrogen and oxygen atoms in total. The van der Waals surface area contributed by atoms with E-state index in [2.05, 4.69) is 20.3 Å². The van der Waals surface area contributed by atoms with Crippen LogP contribution in [0.5, 0.6) is 0 Å². The summed E-state index contributed by atoms with van der Waals surface area (Å²) in [7, 11) is 0. The number of halogens is 3. The molecule has 22 heavy (non-hydrogen) atoms. The summed E-state index contributed by atoms with van der Waals surface area (Å²) >= 11 is 0. The standard InChI is InChI=1S/C11H11F3N6O2/c1-6-7(8(21)19-2-4-22-5-3-19)16-17-10-15-9(11(12,13)14)18-20(6)10/h2-5H2,1H3. The van der Waals surface area contributed by atoms with Crippen LogP contribution in [-0.2, 0) is 10.9 Å². The maximum atomic E-state index is 12.6. The fourth-order valence-corrected chi connectivity index (χ4v) is 2.09. The summed E-state index contributed by atoms with van der Waals surface area (Å²) in [4.78, 5) is 17.1. The van der Waals surface area contributed by atoms with Gasteiger partial charge in [-0.05, 0) is 6.92 Å². The lowest BCUT2D eigenvalue weighted by atomic mass is 10.3. The Hall–Kier alpha value is -2.30. The fourth-order valence-electron chi connectivity index (χ4n) is 2.09. The zero-order valence-corrected chi connectivity index (χ0v) is 11.5. The molecule has 0 N–H and O–H groups in total. The number of morpholine rings is 1. The second-order valence-electron chi connectivity index (χ2n) is 4.68. The third-order valence-corrected chi connectivity index (χ3v) is 3.24. The Morgan fingerprint density at radius 2 is 1.91 bits per heavy atom. The van der Waals surface area contributed by atoms with E-state index in [-0.39, 0.29) is 17.2 Å². The molecule has 3 rings (SSSR count). The van der Waals surface area contributed by atoms with Crippen molar-refractivity contribution in [3.8, 4) is 0 Å². The number of carbonyl (C=O) groups excluding carboxylic acids is 1. The second-order valence-corrected chi connectivity index (χ2v) is 4.68. The summed E-state index contributed by atoms with van der Waals surface area (Å²) in [6.45, 7) is 3.04. The third-order valence-electron chi connectivity index (χ3n) is 3.24. The molecule has 118 valence electrons. The van der Waals surface area contributed by atoms with Crippen LogP contribution >= 0.6 is 0 Å². The number of aromatic nitrogens is 5. The molecule has 0 aromatic carbocycles. The molecule has 3 heterocycles. The Morgan fingerprint density at radius 3 is 2.55 bits per heavy atom. The highest BCUT2D eigenvalue weighted by Crippen LogP contribution is 2.26. The van der Waals surface area contributed by atoms with Crippen molar-refractivity contribution in [1.82, 2.24) is 29.7 Å². The minimum Gasteiger partial charge on any atom is -0.378 e. The minimum atomic E-state index is -4.69. The number of fused-ring (bicyclic) bond motifs is 1. The monoisotopic (exact) mass is 316 g/mol. The predicted octanol–water partition coefficient (Wildman–Crippen LogP) is 0.319. The maximum absolute atomic E-state index is 12.6. The normalized spacial score (nSPS) is 16.3. The molecule has 1 aliphatic rings. The number of rotatable bonds is 1. The highest BCUT2D eigenvalue weighted by atomic mass is 19.4. The Kier molecular flexibility index (Phi) is 3.43. The van der Waals surface area contributed by atoms with Gasteiger partial charge in [0.1, 0.15) is 0 Å². The SMILES string of the molecule is Cc1c(C(=O)N2CCOCC2)nnc2nc(C(F)(F)F)nn12. The van der Waals surface area contributed by atoms with Gasteiger partial charge in [0.15, 0.2) is 5.69 Å². The van der Waals surface area contributed by atoms with Gasteiger partial charge in [-0.15, -0.1) is 15.3 Å². The Bertz CT molecular complexity index is 722. The molecule has 2 aromatic heterocycles. The van der Waals surface area contributed by atoms with Crippen molar-refractivity contribution < 1.29 is 22.7 Å². The highest BCUT2D eigenvalue weighted by Gasteiger charge is 2.37. The summed E-state index contributed by atoms with van der Waals surface area (Å²) in [6.07, 6.45) is -4.69. The van der Waals surface area contributed by atoms with Gasteiger partial charge in [0.05, 0.1) is 18.9 Å². The number of nitrogens with zero attached hydrogens (tertiary/aromatic N) is 6. The number of ether oxygens (including phenoxy) is 1. The first-order valence-corrected chi connectivity index (χ1v) is 6.42. The molecule has 1 fully saturated rings. The molecule has 1 amide bonds. The summed E-state index contributed by atoms with van der Waals surface area (Å²) in [6, 6.07) is 0. The topological polar surface area (TPSA) is 85.5 Å². The molecule has 1 aliphatic heterocycles. The molecule has 0 bridgehead atoms. The van der Waals surface area contributed by atoms with Crippen molar-refractivity contribution in [1.29, 1.82) is 0 Å². The lowest BCUT2D eigenvalue weighted by Gasteiger charge is -2.26. The van der Waals surface area contributed by atoms with E-state index in [9.17, 15) is 18.0 Å². The number of hydrogen-bond acceptors (Lipinski definition) is 6. The average Bonchev–Trinajstić information content (AvgIpc) is 2.93. The zero-order valence-electron chi connectivity index (χ0n) is 11.5. The molecule has 2 aromatic rings. The molecule has 1 saturated heterocycles. The van der Waals surface area contributed by atoms with Crippen LogP contribution in [0, 0.1) is 6.92 Å². The Labute approximate surface area is 121 Å². The summed E-state index contributed by atoms with van der Waals surface area (Å²) < 4.78 is 43.9. The average molecular weight is 316 g/mol. The molecular formula is C11H11F3N6O2. The smallest absolute Gasteiger partial charge is 0.378 e. The third kappa shape index (κ3) is 2.47. The first kappa shape index (κ1) is 14.6. The maximum Gasteiger partial charge on any atom is 0.453 e. The van der Waals surface area contributed by atoms with E-state index in [1.54, 1.807) is 0 Å². The fraction of sp³-hybridized carbons (Fsp3) is 0.545. The summed E-state index contributed by atoms with van der Waals surface area (Å²) in [5.74, 6) is -2.04. The Morgan fingerprint density at radius 1 is 1.23 bits per heavy atom. The van der Waals surface area contributed by atoms with Gasteiger partial charge in [-0.2, -0.15) is 22.7 Å². The van der Waals surface area contributed by atoms with Crippen molar-refractivity contribution in [3.05, 3.63) is 17.2 Å². The van der Waals surface area contributed by atoms with Crippen LogP contribution < -0.4 is 0 Å². The number of hydrogen-bond donors (Lipinski definition) is 0. The van der Waals surface area contributed by atoms with E-state index in [0.29, 0.717) is 26.3 Å². The number of aryl methyl sites for hydroxylation is 1. The number of alkyl halides is 3. The van der Waals surface area contributed by atoms with Crippen LogP contribution in [0.25, 0.3) is 5.78 Å². The van der Waals surface area contributed by atoms with Crippen LogP contribution in [0.2, 0.25) is 0 Å². The van der Waals surface area contributed by atoms with Crippen LogP contribution in [0.4, 0.5) is 13.2 Å². The van der Waals surface area contributed by atoms with Crippen LogP contribution in [0.3, 0.4) is 0 Å². The van der Waals surface area contributed by atoms with Crippen molar-refractivity contribution >= 4 is 11.7 Å². The number of carbonyl (C=O) groups is 1. The van der Waals surface area contributed by atoms with Crippen LogP contribution in [0.1, 0.15) is 22.0 Å². The lowest BCUT2D eigenvalue weighted by Crippen LogP contribution is -2.41. The zero-order chi connectivity index (χ0) is 15.9. The van der Waals surface area contributed by atoms with E-state index in [4.69, 9.17) is 4.74 Å². The molecule has 0 saturated carbocycles. The summed E-state index contributed by atoms with van der Waals surface area (Å²) in [5, 5.41) is 10.6. The predicted molar refractivity (Wildman–Crippen MR) is 65.0 cm³/mol. The molecular weight excluding hydrogens is 305 g/mol. The minimum absolute atomic E-state index is 0.0481. The molecule has 0 spiro atoms. The summed E-state index contributed by atoms with van der Waals surface area (Å²) in [5.41, 5.74) is 0.109. The second kappa shape index (κ2) is 5.16. The van der Waals surface area contributed by atoms with Crippen molar-refractivity contribution in [2.24, 2.45) is 0 Å². The lowest BCUT2D eigenvalue weighted by molar-refractivity contribution is -0.144.